The highest BCUT2D eigenvalue weighted by Gasteiger charge is 2.02. The van der Waals surface area contributed by atoms with Crippen LogP contribution in [-0.2, 0) is 6.54 Å². The highest BCUT2D eigenvalue weighted by Crippen LogP contribution is 2.08. The number of carboxylic acid groups (broad SMARTS) is 1. The average Bonchev–Trinajstić information content (AvgIpc) is 2.75. The zero-order valence-corrected chi connectivity index (χ0v) is 7.21. The van der Waals surface area contributed by atoms with Gasteiger partial charge in [0.15, 0.2) is 0 Å². The van der Waals surface area contributed by atoms with Gasteiger partial charge in [0.2, 0.25) is 0 Å². The molecule has 0 aliphatic rings. The molecule has 0 fully saturated rings. The Morgan fingerprint density at radius 1 is 1.57 bits per heavy atom. The molecule has 0 radical (unpaired) electrons. The molecule has 0 aromatic carbocycles. The van der Waals surface area contributed by atoms with E-state index in [0.29, 0.717) is 12.3 Å². The van der Waals surface area contributed by atoms with E-state index in [2.05, 4.69) is 5.10 Å². The quantitative estimate of drug-likeness (QED) is 0.678. The summed E-state index contributed by atoms with van der Waals surface area (Å²) >= 11 is 0. The number of aromatic carboxylic acids is 1. The Morgan fingerprint density at radius 2 is 2.43 bits per heavy atom. The summed E-state index contributed by atoms with van der Waals surface area (Å²) in [7, 11) is 0. The van der Waals surface area contributed by atoms with Crippen LogP contribution in [0, 0.1) is 0 Å². The number of rotatable bonds is 3. The number of aromatic nitrogens is 2. The lowest BCUT2D eigenvalue weighted by molar-refractivity contribution is -0.257. The topological polar surface area (TPSA) is 71.1 Å². The van der Waals surface area contributed by atoms with E-state index in [1.807, 2.05) is 0 Å². The Labute approximate surface area is 79.6 Å². The Balaban J connectivity index is 2.14. The van der Waals surface area contributed by atoms with Crippen molar-refractivity contribution in [1.82, 2.24) is 9.78 Å². The standard InChI is InChI=1S/C9H8N2O3/c12-9(13)8-3-2-7(14-8)6-11-5-1-4-10-11/h1-5H,6H2,(H,12,13)/p-1. The molecule has 2 aromatic rings. The summed E-state index contributed by atoms with van der Waals surface area (Å²) < 4.78 is 6.63. The van der Waals surface area contributed by atoms with Crippen LogP contribution in [0.1, 0.15) is 16.3 Å². The van der Waals surface area contributed by atoms with E-state index in [1.54, 1.807) is 29.2 Å². The van der Waals surface area contributed by atoms with Gasteiger partial charge in [-0.25, -0.2) is 0 Å². The summed E-state index contributed by atoms with van der Waals surface area (Å²) in [6.07, 6.45) is 3.41. The lowest BCUT2D eigenvalue weighted by atomic mass is 10.4. The molecule has 14 heavy (non-hydrogen) atoms. The summed E-state index contributed by atoms with van der Waals surface area (Å²) in [5.74, 6) is -0.934. The largest absolute Gasteiger partial charge is 0.542 e. The van der Waals surface area contributed by atoms with Gasteiger partial charge in [0.1, 0.15) is 17.5 Å². The van der Waals surface area contributed by atoms with E-state index in [0.717, 1.165) is 0 Å². The maximum absolute atomic E-state index is 10.4. The van der Waals surface area contributed by atoms with Gasteiger partial charge in [-0.1, -0.05) is 0 Å². The molecule has 0 bridgehead atoms. The van der Waals surface area contributed by atoms with Crippen LogP contribution in [-0.4, -0.2) is 15.7 Å². The van der Waals surface area contributed by atoms with Gasteiger partial charge in [-0.2, -0.15) is 5.10 Å². The summed E-state index contributed by atoms with van der Waals surface area (Å²) in [6.45, 7) is 0.417. The molecule has 0 saturated carbocycles. The highest BCUT2D eigenvalue weighted by molar-refractivity contribution is 5.82. The molecule has 0 atom stereocenters. The third-order valence-corrected chi connectivity index (χ3v) is 1.74. The molecule has 0 saturated heterocycles. The van der Waals surface area contributed by atoms with Crippen LogP contribution >= 0.6 is 0 Å². The molecule has 0 unspecified atom stereocenters. The minimum Gasteiger partial charge on any atom is -0.542 e. The number of furan rings is 1. The van der Waals surface area contributed by atoms with Crippen LogP contribution in [0.2, 0.25) is 0 Å². The molecule has 0 aliphatic heterocycles. The molecule has 0 aliphatic carbocycles. The van der Waals surface area contributed by atoms with Crippen molar-refractivity contribution >= 4 is 5.97 Å². The molecule has 2 rings (SSSR count). The van der Waals surface area contributed by atoms with Gasteiger partial charge in [-0.3, -0.25) is 4.68 Å². The van der Waals surface area contributed by atoms with Gasteiger partial charge in [-0.15, -0.1) is 0 Å². The average molecular weight is 191 g/mol. The molecule has 2 aromatic heterocycles. The van der Waals surface area contributed by atoms with E-state index in [-0.39, 0.29) is 5.76 Å². The van der Waals surface area contributed by atoms with Gasteiger partial charge in [0.25, 0.3) is 0 Å². The van der Waals surface area contributed by atoms with Crippen LogP contribution in [0.3, 0.4) is 0 Å². The third-order valence-electron chi connectivity index (χ3n) is 1.74. The zero-order chi connectivity index (χ0) is 9.97. The van der Waals surface area contributed by atoms with Crippen LogP contribution in [0.25, 0.3) is 0 Å². The highest BCUT2D eigenvalue weighted by atomic mass is 16.4. The number of hydrogen-bond acceptors (Lipinski definition) is 4. The zero-order valence-electron chi connectivity index (χ0n) is 7.21. The lowest BCUT2D eigenvalue weighted by Gasteiger charge is -1.98. The molecule has 0 amide bonds. The van der Waals surface area contributed by atoms with Crippen molar-refractivity contribution in [3.05, 3.63) is 42.1 Å². The maximum Gasteiger partial charge on any atom is 0.149 e. The molecular weight excluding hydrogens is 184 g/mol. The first kappa shape index (κ1) is 8.55. The predicted molar refractivity (Wildman–Crippen MR) is 44.4 cm³/mol. The fraction of sp³-hybridized carbons (Fsp3) is 0.111. The first-order chi connectivity index (χ1) is 6.75. The number of hydrogen-bond donors (Lipinski definition) is 0. The first-order valence-electron chi connectivity index (χ1n) is 4.03. The number of carbonyl (C=O) groups excluding carboxylic acids is 1. The third kappa shape index (κ3) is 1.66. The van der Waals surface area contributed by atoms with Gasteiger partial charge < -0.3 is 14.3 Å². The second-order valence-electron chi connectivity index (χ2n) is 2.76. The number of carboxylic acids is 1. The smallest absolute Gasteiger partial charge is 0.149 e. The Hall–Kier alpha value is -2.04. The van der Waals surface area contributed by atoms with E-state index in [9.17, 15) is 9.90 Å². The van der Waals surface area contributed by atoms with Crippen molar-refractivity contribution in [3.8, 4) is 0 Å². The van der Waals surface area contributed by atoms with Gasteiger partial charge in [-0.05, 0) is 18.2 Å². The lowest BCUT2D eigenvalue weighted by Crippen LogP contribution is -2.21. The molecule has 0 N–H and O–H groups in total. The summed E-state index contributed by atoms with van der Waals surface area (Å²) in [5.41, 5.74) is 0. The molecule has 5 nitrogen and oxygen atoms in total. The van der Waals surface area contributed by atoms with E-state index in [4.69, 9.17) is 4.42 Å². The Kier molecular flexibility index (Phi) is 2.06. The van der Waals surface area contributed by atoms with Gasteiger partial charge in [0, 0.05) is 12.4 Å². The fourth-order valence-corrected chi connectivity index (χ4v) is 1.13. The maximum atomic E-state index is 10.4. The molecular formula is C9H7N2O3-. The van der Waals surface area contributed by atoms with Crippen molar-refractivity contribution in [2.75, 3.05) is 0 Å². The normalized spacial score (nSPS) is 10.3. The van der Waals surface area contributed by atoms with Crippen LogP contribution < -0.4 is 5.11 Å². The fourth-order valence-electron chi connectivity index (χ4n) is 1.13. The first-order valence-corrected chi connectivity index (χ1v) is 4.03. The predicted octanol–water partition coefficient (Wildman–Crippen LogP) is -0.112. The minimum absolute atomic E-state index is 0.160. The SMILES string of the molecule is O=C([O-])c1ccc(Cn2cccn2)o1. The van der Waals surface area contributed by atoms with E-state index >= 15 is 0 Å². The minimum atomic E-state index is -1.31. The summed E-state index contributed by atoms with van der Waals surface area (Å²) in [4.78, 5) is 10.4. The second kappa shape index (κ2) is 3.37. The van der Waals surface area contributed by atoms with Gasteiger partial charge >= 0.3 is 0 Å². The van der Waals surface area contributed by atoms with Crippen LogP contribution in [0.4, 0.5) is 0 Å². The Bertz CT molecular complexity index is 431. The summed E-state index contributed by atoms with van der Waals surface area (Å²) in [6, 6.07) is 4.74. The monoisotopic (exact) mass is 191 g/mol. The Morgan fingerprint density at radius 3 is 3.00 bits per heavy atom. The van der Waals surface area contributed by atoms with E-state index in [1.165, 1.54) is 6.07 Å². The molecule has 5 heteroatoms. The molecule has 2 heterocycles. The van der Waals surface area contributed by atoms with Crippen molar-refractivity contribution in [3.63, 3.8) is 0 Å². The van der Waals surface area contributed by atoms with Crippen molar-refractivity contribution in [2.45, 2.75) is 6.54 Å². The number of carbonyl (C=O) groups is 1. The van der Waals surface area contributed by atoms with Crippen molar-refractivity contribution in [2.24, 2.45) is 0 Å². The molecule has 72 valence electrons. The van der Waals surface area contributed by atoms with Crippen molar-refractivity contribution in [1.29, 1.82) is 0 Å². The van der Waals surface area contributed by atoms with Crippen molar-refractivity contribution < 1.29 is 14.3 Å². The van der Waals surface area contributed by atoms with Gasteiger partial charge in [0.05, 0.1) is 6.54 Å². The van der Waals surface area contributed by atoms with Crippen LogP contribution in [0.5, 0.6) is 0 Å². The summed E-state index contributed by atoms with van der Waals surface area (Å²) in [5, 5.41) is 14.3. The van der Waals surface area contributed by atoms with E-state index < -0.39 is 5.97 Å². The second-order valence-corrected chi connectivity index (χ2v) is 2.76. The van der Waals surface area contributed by atoms with Crippen LogP contribution in [0.15, 0.2) is 35.0 Å². The molecule has 0 spiro atoms. The number of nitrogens with zero attached hydrogens (tertiary/aromatic N) is 2.